The molecule has 0 saturated heterocycles. The fourth-order valence-electron chi connectivity index (χ4n) is 1.61. The summed E-state index contributed by atoms with van der Waals surface area (Å²) in [5, 5.41) is 0. The van der Waals surface area contributed by atoms with E-state index in [-0.39, 0.29) is 4.90 Å². The molecule has 2 aromatic rings. The van der Waals surface area contributed by atoms with Crippen LogP contribution < -0.4 is 4.74 Å². The predicted molar refractivity (Wildman–Crippen MR) is 67.2 cm³/mol. The van der Waals surface area contributed by atoms with E-state index in [2.05, 4.69) is 4.98 Å². The first-order valence-electron chi connectivity index (χ1n) is 5.52. The van der Waals surface area contributed by atoms with Gasteiger partial charge in [-0.05, 0) is 37.6 Å². The van der Waals surface area contributed by atoms with Gasteiger partial charge in [0.2, 0.25) is 0 Å². The smallest absolute Gasteiger partial charge is 0.268 e. The Morgan fingerprint density at radius 2 is 2.17 bits per heavy atom. The molecule has 0 unspecified atom stereocenters. The monoisotopic (exact) mass is 266 g/mol. The summed E-state index contributed by atoms with van der Waals surface area (Å²) >= 11 is 0. The van der Waals surface area contributed by atoms with Crippen molar-refractivity contribution in [3.63, 3.8) is 0 Å². The van der Waals surface area contributed by atoms with Crippen molar-refractivity contribution < 1.29 is 13.2 Å². The third-order valence-electron chi connectivity index (χ3n) is 2.50. The van der Waals surface area contributed by atoms with Crippen molar-refractivity contribution in [3.05, 3.63) is 42.5 Å². The number of imidazole rings is 1. The number of hydrogen-bond acceptors (Lipinski definition) is 4. The van der Waals surface area contributed by atoms with Crippen LogP contribution in [0.5, 0.6) is 5.75 Å². The van der Waals surface area contributed by atoms with E-state index < -0.39 is 10.0 Å². The molecule has 1 aromatic carbocycles. The van der Waals surface area contributed by atoms with Crippen molar-refractivity contribution in [1.29, 1.82) is 0 Å². The molecule has 0 spiro atoms. The Hall–Kier alpha value is -1.82. The zero-order chi connectivity index (χ0) is 13.2. The SMILES string of the molecule is CCOc1ccc(S(=O)(=O)n2ccnc2)cc1C. The summed E-state index contributed by atoms with van der Waals surface area (Å²) in [4.78, 5) is 3.97. The van der Waals surface area contributed by atoms with E-state index in [1.807, 2.05) is 13.8 Å². The van der Waals surface area contributed by atoms with Gasteiger partial charge in [-0.15, -0.1) is 0 Å². The van der Waals surface area contributed by atoms with Crippen LogP contribution in [0.2, 0.25) is 0 Å². The van der Waals surface area contributed by atoms with Gasteiger partial charge in [0.1, 0.15) is 12.1 Å². The van der Waals surface area contributed by atoms with Gasteiger partial charge >= 0.3 is 0 Å². The molecule has 0 saturated carbocycles. The number of benzene rings is 1. The first kappa shape index (κ1) is 12.6. The maximum atomic E-state index is 12.2. The van der Waals surface area contributed by atoms with Crippen LogP contribution in [0.4, 0.5) is 0 Å². The lowest BCUT2D eigenvalue weighted by molar-refractivity contribution is 0.337. The molecule has 5 nitrogen and oxygen atoms in total. The van der Waals surface area contributed by atoms with Gasteiger partial charge < -0.3 is 4.74 Å². The maximum absolute atomic E-state index is 12.2. The van der Waals surface area contributed by atoms with Crippen LogP contribution in [-0.4, -0.2) is 24.0 Å². The molecule has 0 amide bonds. The largest absolute Gasteiger partial charge is 0.494 e. The molecule has 0 bridgehead atoms. The lowest BCUT2D eigenvalue weighted by Crippen LogP contribution is -2.11. The van der Waals surface area contributed by atoms with Crippen LogP contribution in [-0.2, 0) is 10.0 Å². The molecule has 1 heterocycles. The zero-order valence-electron chi connectivity index (χ0n) is 10.2. The molecule has 0 N–H and O–H groups in total. The van der Waals surface area contributed by atoms with Crippen LogP contribution >= 0.6 is 0 Å². The van der Waals surface area contributed by atoms with E-state index in [0.29, 0.717) is 12.4 Å². The van der Waals surface area contributed by atoms with Crippen LogP contribution in [0.25, 0.3) is 0 Å². The standard InChI is InChI=1S/C12H14N2O3S/c1-3-17-12-5-4-11(8-10(12)2)18(15,16)14-7-6-13-9-14/h4-9H,3H2,1-2H3. The minimum Gasteiger partial charge on any atom is -0.494 e. The van der Waals surface area contributed by atoms with Crippen molar-refractivity contribution in [2.24, 2.45) is 0 Å². The highest BCUT2D eigenvalue weighted by Gasteiger charge is 2.17. The third kappa shape index (κ3) is 2.24. The van der Waals surface area contributed by atoms with E-state index >= 15 is 0 Å². The first-order chi connectivity index (χ1) is 8.55. The molecule has 0 aliphatic heterocycles. The maximum Gasteiger partial charge on any atom is 0.268 e. The molecule has 0 aliphatic carbocycles. The van der Waals surface area contributed by atoms with Crippen molar-refractivity contribution in [3.8, 4) is 5.75 Å². The van der Waals surface area contributed by atoms with Crippen LogP contribution in [0.15, 0.2) is 41.8 Å². The summed E-state index contributed by atoms with van der Waals surface area (Å²) in [6.45, 7) is 4.25. The van der Waals surface area contributed by atoms with Gasteiger partial charge in [-0.3, -0.25) is 0 Å². The average Bonchev–Trinajstić information content (AvgIpc) is 2.86. The molecule has 1 aromatic heterocycles. The molecule has 0 aliphatic rings. The normalized spacial score (nSPS) is 11.4. The number of ether oxygens (including phenoxy) is 1. The first-order valence-corrected chi connectivity index (χ1v) is 6.96. The molecule has 6 heteroatoms. The van der Waals surface area contributed by atoms with E-state index in [1.165, 1.54) is 24.8 Å². The van der Waals surface area contributed by atoms with Gasteiger partial charge in [-0.25, -0.2) is 17.4 Å². The second kappa shape index (κ2) is 4.81. The minimum absolute atomic E-state index is 0.224. The fourth-order valence-corrected chi connectivity index (χ4v) is 2.81. The highest BCUT2D eigenvalue weighted by molar-refractivity contribution is 7.90. The molecular formula is C12H14N2O3S. The second-order valence-electron chi connectivity index (χ2n) is 3.76. The molecule has 0 radical (unpaired) electrons. The summed E-state index contributed by atoms with van der Waals surface area (Å²) in [6.07, 6.45) is 4.10. The van der Waals surface area contributed by atoms with Gasteiger partial charge in [-0.1, -0.05) is 0 Å². The topological polar surface area (TPSA) is 61.2 Å². The van der Waals surface area contributed by atoms with Gasteiger partial charge in [-0.2, -0.15) is 0 Å². The molecule has 18 heavy (non-hydrogen) atoms. The Morgan fingerprint density at radius 1 is 1.39 bits per heavy atom. The van der Waals surface area contributed by atoms with Crippen molar-refractivity contribution in [2.45, 2.75) is 18.7 Å². The fraction of sp³-hybridized carbons (Fsp3) is 0.250. The van der Waals surface area contributed by atoms with Gasteiger partial charge in [0.25, 0.3) is 10.0 Å². The lowest BCUT2D eigenvalue weighted by Gasteiger charge is -2.10. The van der Waals surface area contributed by atoms with Crippen molar-refractivity contribution in [1.82, 2.24) is 8.96 Å². The second-order valence-corrected chi connectivity index (χ2v) is 5.60. The predicted octanol–water partition coefficient (Wildman–Crippen LogP) is 1.83. The molecule has 96 valence electrons. The molecule has 2 rings (SSSR count). The Labute approximate surface area is 106 Å². The van der Waals surface area contributed by atoms with Gasteiger partial charge in [0.15, 0.2) is 0 Å². The summed E-state index contributed by atoms with van der Waals surface area (Å²) < 4.78 is 30.9. The van der Waals surface area contributed by atoms with E-state index in [1.54, 1.807) is 12.1 Å². The Kier molecular flexibility index (Phi) is 3.38. The summed E-state index contributed by atoms with van der Waals surface area (Å²) in [7, 11) is -3.55. The number of nitrogens with zero attached hydrogens (tertiary/aromatic N) is 2. The lowest BCUT2D eigenvalue weighted by atomic mass is 10.2. The minimum atomic E-state index is -3.55. The quantitative estimate of drug-likeness (QED) is 0.847. The average molecular weight is 266 g/mol. The molecule has 0 fully saturated rings. The number of aryl methyl sites for hydroxylation is 1. The Balaban J connectivity index is 2.44. The van der Waals surface area contributed by atoms with Crippen molar-refractivity contribution >= 4 is 10.0 Å². The highest BCUT2D eigenvalue weighted by Crippen LogP contribution is 2.23. The van der Waals surface area contributed by atoms with Crippen LogP contribution in [0, 0.1) is 6.92 Å². The molecule has 0 atom stereocenters. The third-order valence-corrected chi connectivity index (χ3v) is 4.12. The summed E-state index contributed by atoms with van der Waals surface area (Å²) in [5.74, 6) is 0.696. The Bertz CT molecular complexity index is 633. The van der Waals surface area contributed by atoms with Crippen molar-refractivity contribution in [2.75, 3.05) is 6.61 Å². The van der Waals surface area contributed by atoms with E-state index in [9.17, 15) is 8.42 Å². The van der Waals surface area contributed by atoms with E-state index in [4.69, 9.17) is 4.74 Å². The zero-order valence-corrected chi connectivity index (χ0v) is 11.0. The Morgan fingerprint density at radius 3 is 2.72 bits per heavy atom. The number of aromatic nitrogens is 2. The summed E-state index contributed by atoms with van der Waals surface area (Å²) in [6, 6.07) is 4.80. The number of hydrogen-bond donors (Lipinski definition) is 0. The highest BCUT2D eigenvalue weighted by atomic mass is 32.2. The number of rotatable bonds is 4. The van der Waals surface area contributed by atoms with Crippen LogP contribution in [0.1, 0.15) is 12.5 Å². The van der Waals surface area contributed by atoms with Gasteiger partial charge in [0.05, 0.1) is 11.5 Å². The van der Waals surface area contributed by atoms with Gasteiger partial charge in [0, 0.05) is 12.4 Å². The summed E-state index contributed by atoms with van der Waals surface area (Å²) in [5.41, 5.74) is 0.790. The van der Waals surface area contributed by atoms with E-state index in [0.717, 1.165) is 9.54 Å². The van der Waals surface area contributed by atoms with Crippen LogP contribution in [0.3, 0.4) is 0 Å². The molecular weight excluding hydrogens is 252 g/mol.